The molecule has 0 aliphatic heterocycles. The molecule has 0 aliphatic rings. The van der Waals surface area contributed by atoms with E-state index in [1.807, 2.05) is 0 Å². The molecule has 0 fully saturated rings. The minimum absolute atomic E-state index is 0.222. The molecular weight excluding hydrogens is 673 g/mol. The summed E-state index contributed by atoms with van der Waals surface area (Å²) in [5.41, 5.74) is 8.87. The van der Waals surface area contributed by atoms with Crippen molar-refractivity contribution in [3.63, 3.8) is 0 Å². The first kappa shape index (κ1) is 37.5. The lowest BCUT2D eigenvalue weighted by Crippen LogP contribution is -2.03. The van der Waals surface area contributed by atoms with Crippen molar-refractivity contribution in [2.24, 2.45) is 0 Å². The molecule has 3 aromatic heterocycles. The summed E-state index contributed by atoms with van der Waals surface area (Å²) >= 11 is 0. The van der Waals surface area contributed by atoms with Gasteiger partial charge in [0.15, 0.2) is 0 Å². The van der Waals surface area contributed by atoms with Crippen LogP contribution in [0.3, 0.4) is 0 Å². The van der Waals surface area contributed by atoms with Crippen molar-refractivity contribution < 1.29 is 15.3 Å². The van der Waals surface area contributed by atoms with Gasteiger partial charge < -0.3 is 15.3 Å². The summed E-state index contributed by atoms with van der Waals surface area (Å²) in [6.07, 6.45) is 13.8. The van der Waals surface area contributed by atoms with Gasteiger partial charge in [0.25, 0.3) is 0 Å². The lowest BCUT2D eigenvalue weighted by Gasteiger charge is -2.12. The maximum atomic E-state index is 9.43. The van der Waals surface area contributed by atoms with Gasteiger partial charge in [-0.2, -0.15) is 0 Å². The van der Waals surface area contributed by atoms with Crippen LogP contribution in [-0.4, -0.2) is 63.8 Å². The van der Waals surface area contributed by atoms with E-state index in [2.05, 4.69) is 105 Å². The van der Waals surface area contributed by atoms with Crippen LogP contribution < -0.4 is 0 Å². The first-order chi connectivity index (χ1) is 26.7. The number of rotatable bonds is 21. The van der Waals surface area contributed by atoms with E-state index in [0.717, 1.165) is 164 Å². The third-order valence-corrected chi connectivity index (χ3v) is 10.5. The van der Waals surface area contributed by atoms with Crippen molar-refractivity contribution in [1.29, 1.82) is 0 Å². The lowest BCUT2D eigenvalue weighted by molar-refractivity contribution is 0.282. The van der Waals surface area contributed by atoms with Crippen molar-refractivity contribution in [3.8, 4) is 17.1 Å². The van der Waals surface area contributed by atoms with Gasteiger partial charge in [0.1, 0.15) is 50.6 Å². The summed E-state index contributed by atoms with van der Waals surface area (Å²) in [4.78, 5) is 16.7. The van der Waals surface area contributed by atoms with E-state index in [-0.39, 0.29) is 19.8 Å². The third kappa shape index (κ3) is 7.99. The fourth-order valence-electron chi connectivity index (χ4n) is 7.86. The predicted octanol–water partition coefficient (Wildman–Crippen LogP) is 8.99. The number of hydrogen-bond donors (Lipinski definition) is 3. The van der Waals surface area contributed by atoms with Crippen molar-refractivity contribution >= 4 is 33.1 Å². The quantitative estimate of drug-likeness (QED) is 0.0638. The first-order valence-electron chi connectivity index (χ1n) is 20.1. The fourth-order valence-corrected chi connectivity index (χ4v) is 7.86. The second-order valence-corrected chi connectivity index (χ2v) is 14.4. The van der Waals surface area contributed by atoms with Gasteiger partial charge >= 0.3 is 0 Å². The molecule has 0 amide bonds. The monoisotopic (exact) mass is 726 g/mol. The maximum Gasteiger partial charge on any atom is 0.118 e. The molecule has 3 N–H and O–H groups in total. The highest BCUT2D eigenvalue weighted by molar-refractivity contribution is 6.20. The number of para-hydroxylation sites is 3. The van der Waals surface area contributed by atoms with E-state index < -0.39 is 0 Å². The molecule has 0 saturated carbocycles. The van der Waals surface area contributed by atoms with Crippen LogP contribution in [0.5, 0.6) is 0 Å². The summed E-state index contributed by atoms with van der Waals surface area (Å²) in [7, 11) is 0. The number of aliphatic hydroxyl groups is 3. The highest BCUT2D eigenvalue weighted by Gasteiger charge is 2.29. The molecule has 0 bridgehead atoms. The van der Waals surface area contributed by atoms with Gasteiger partial charge in [-0.1, -0.05) is 93.1 Å². The third-order valence-electron chi connectivity index (χ3n) is 10.5. The molecule has 54 heavy (non-hydrogen) atoms. The van der Waals surface area contributed by atoms with Gasteiger partial charge in [-0.05, 0) is 74.9 Å². The molecule has 9 nitrogen and oxygen atoms in total. The summed E-state index contributed by atoms with van der Waals surface area (Å²) in [6, 6.07) is 31.7. The normalized spacial score (nSPS) is 11.8. The smallest absolute Gasteiger partial charge is 0.118 e. The highest BCUT2D eigenvalue weighted by atomic mass is 16.3. The minimum atomic E-state index is 0.222. The maximum absolute atomic E-state index is 9.43. The van der Waals surface area contributed by atoms with Gasteiger partial charge in [-0.15, -0.1) is 0 Å². The van der Waals surface area contributed by atoms with E-state index >= 15 is 0 Å². The molecular formula is C45H54N6O3. The van der Waals surface area contributed by atoms with Crippen molar-refractivity contribution in [3.05, 3.63) is 108 Å². The van der Waals surface area contributed by atoms with E-state index in [1.54, 1.807) is 0 Å². The Kier molecular flexibility index (Phi) is 12.8. The molecule has 3 heterocycles. The van der Waals surface area contributed by atoms with Crippen LogP contribution in [-0.2, 0) is 19.3 Å². The van der Waals surface area contributed by atoms with Crippen LogP contribution in [0.25, 0.3) is 50.2 Å². The first-order valence-corrected chi connectivity index (χ1v) is 20.1. The molecule has 0 aliphatic carbocycles. The van der Waals surface area contributed by atoms with Crippen LogP contribution in [0.15, 0.2) is 91.0 Å². The second kappa shape index (κ2) is 18.5. The predicted molar refractivity (Wildman–Crippen MR) is 218 cm³/mol. The van der Waals surface area contributed by atoms with E-state index in [4.69, 9.17) is 15.0 Å². The van der Waals surface area contributed by atoms with Gasteiger partial charge in [-0.3, -0.25) is 13.7 Å². The number of unbranched alkanes of at least 4 members (excludes halogenated alkanes) is 9. The second-order valence-electron chi connectivity index (χ2n) is 14.4. The highest BCUT2D eigenvalue weighted by Crippen LogP contribution is 2.40. The minimum Gasteiger partial charge on any atom is -0.396 e. The molecule has 282 valence electrons. The molecule has 0 atom stereocenters. The Morgan fingerprint density at radius 3 is 0.852 bits per heavy atom. The Balaban J connectivity index is 1.55. The Labute approximate surface area is 318 Å². The summed E-state index contributed by atoms with van der Waals surface area (Å²) in [6.45, 7) is 0.665. The number of aryl methyl sites for hydroxylation is 3. The number of imidazole rings is 3. The van der Waals surface area contributed by atoms with E-state index in [0.29, 0.717) is 0 Å². The van der Waals surface area contributed by atoms with Crippen LogP contribution in [0.2, 0.25) is 0 Å². The zero-order valence-electron chi connectivity index (χ0n) is 31.4. The Morgan fingerprint density at radius 2 is 0.593 bits per heavy atom. The van der Waals surface area contributed by atoms with Gasteiger partial charge in [0.05, 0.1) is 0 Å². The zero-order chi connectivity index (χ0) is 37.1. The molecule has 9 heteroatoms. The topological polar surface area (TPSA) is 114 Å². The van der Waals surface area contributed by atoms with Gasteiger partial charge in [-0.25, -0.2) is 15.0 Å². The van der Waals surface area contributed by atoms with Crippen molar-refractivity contribution in [2.75, 3.05) is 19.8 Å². The largest absolute Gasteiger partial charge is 0.396 e. The molecule has 0 saturated heterocycles. The van der Waals surface area contributed by atoms with Crippen LogP contribution in [0.1, 0.15) is 94.5 Å². The van der Waals surface area contributed by atoms with Gasteiger partial charge in [0.2, 0.25) is 0 Å². The van der Waals surface area contributed by atoms with E-state index in [1.165, 1.54) is 0 Å². The number of nitrogens with zero attached hydrogens (tertiary/aromatic N) is 6. The van der Waals surface area contributed by atoms with Crippen molar-refractivity contribution in [2.45, 2.75) is 96.3 Å². The summed E-state index contributed by atoms with van der Waals surface area (Å²) in [5, 5.41) is 28.3. The van der Waals surface area contributed by atoms with Crippen LogP contribution in [0, 0.1) is 0 Å². The average molecular weight is 727 g/mol. The molecule has 7 aromatic rings. The zero-order valence-corrected chi connectivity index (χ0v) is 31.4. The Morgan fingerprint density at radius 1 is 0.333 bits per heavy atom. The number of benzene rings is 4. The molecule has 0 radical (unpaired) electrons. The van der Waals surface area contributed by atoms with Gasteiger partial charge in [0, 0.05) is 56.1 Å². The lowest BCUT2D eigenvalue weighted by atomic mass is 10.1. The number of aliphatic hydroxyl groups excluding tert-OH is 3. The SMILES string of the molecule is OCCCCCCc1nc2c(c3nc(CCCCCCO)n(-c4ccccc4)c3c3nc(CCCCCCO)n(-c4ccccc4)c23)n1-c1ccccc1. The van der Waals surface area contributed by atoms with Crippen LogP contribution in [0.4, 0.5) is 0 Å². The Hall–Kier alpha value is -4.83. The van der Waals surface area contributed by atoms with Crippen LogP contribution >= 0.6 is 0 Å². The number of fused-ring (bicyclic) bond motifs is 6. The standard InChI is InChI=1S/C45H54N6O3/c52-31-19-4-1-16-28-37-46-40-43(49(37)34-22-10-7-11-23-34)41-45(51(36-26-14-9-15-27-36)38(47-41)29-17-2-5-20-32-53)42-44(40)50(35-24-12-8-13-25-35)39(48-42)30-18-3-6-21-33-54/h7-15,22-27,52-54H,1-6,16-21,28-33H2. The molecule has 0 unspecified atom stereocenters. The number of aromatic nitrogens is 6. The molecule has 4 aromatic carbocycles. The summed E-state index contributed by atoms with van der Waals surface area (Å²) in [5.74, 6) is 3.00. The molecule has 0 spiro atoms. The average Bonchev–Trinajstić information content (AvgIpc) is 3.90. The number of hydrogen-bond acceptors (Lipinski definition) is 6. The Bertz CT molecular complexity index is 1940. The molecule has 7 rings (SSSR count). The summed E-state index contributed by atoms with van der Waals surface area (Å²) < 4.78 is 7.02. The fraction of sp³-hybridized carbons (Fsp3) is 0.400. The van der Waals surface area contributed by atoms with E-state index in [9.17, 15) is 15.3 Å². The van der Waals surface area contributed by atoms with Crippen molar-refractivity contribution in [1.82, 2.24) is 28.7 Å².